The molecule has 1 aromatic rings. The van der Waals surface area contributed by atoms with E-state index in [1.54, 1.807) is 24.3 Å². The van der Waals surface area contributed by atoms with E-state index in [2.05, 4.69) is 6.58 Å². The van der Waals surface area contributed by atoms with E-state index in [4.69, 9.17) is 10.2 Å². The van der Waals surface area contributed by atoms with E-state index in [1.165, 1.54) is 6.08 Å². The van der Waals surface area contributed by atoms with Crippen LogP contribution in [0.3, 0.4) is 0 Å². The zero-order chi connectivity index (χ0) is 16.5. The third-order valence-electron chi connectivity index (χ3n) is 1.89. The molecule has 0 saturated heterocycles. The molecule has 0 unspecified atom stereocenters. The standard InChI is InChI=1S/C8H8O3S.C5H6O4.Na/c9-12(10,11)7-6-8-4-2-1-3-5-8;1-3(5(8)9)2-4(6)7;/h1-7H,(H,9,10,11);1-2H2,(H,6,7)(H,8,9);/q;;+1/p-1. The summed E-state index contributed by atoms with van der Waals surface area (Å²) in [5, 5.41) is 16.7. The summed E-state index contributed by atoms with van der Waals surface area (Å²) in [5.74, 6) is -2.44. The van der Waals surface area contributed by atoms with Crippen molar-refractivity contribution in [1.29, 1.82) is 0 Å². The minimum absolute atomic E-state index is 0. The Bertz CT molecular complexity index is 636. The van der Waals surface area contributed by atoms with E-state index < -0.39 is 28.5 Å². The van der Waals surface area contributed by atoms with Crippen LogP contribution in [0.15, 0.2) is 47.9 Å². The second-order valence-corrected chi connectivity index (χ2v) is 4.94. The molecular weight excluding hydrogens is 323 g/mol. The van der Waals surface area contributed by atoms with Gasteiger partial charge in [-0.15, -0.1) is 0 Å². The van der Waals surface area contributed by atoms with Gasteiger partial charge in [0.15, 0.2) is 0 Å². The molecule has 0 aliphatic heterocycles. The number of hydrogen-bond acceptors (Lipinski definition) is 5. The van der Waals surface area contributed by atoms with Crippen LogP contribution in [-0.4, -0.2) is 35.1 Å². The van der Waals surface area contributed by atoms with Gasteiger partial charge in [0, 0.05) is 11.0 Å². The van der Waals surface area contributed by atoms with Crippen molar-refractivity contribution in [3.8, 4) is 0 Å². The normalized spacial score (nSPS) is 10.0. The van der Waals surface area contributed by atoms with Gasteiger partial charge in [0.05, 0.1) is 6.42 Å². The molecule has 0 spiro atoms. The predicted octanol–water partition coefficient (Wildman–Crippen LogP) is -1.69. The summed E-state index contributed by atoms with van der Waals surface area (Å²) in [6.45, 7) is 3.01. The summed E-state index contributed by atoms with van der Waals surface area (Å²) in [6.07, 6.45) is 0.762. The largest absolute Gasteiger partial charge is 1.00 e. The minimum atomic E-state index is -4.25. The van der Waals surface area contributed by atoms with Gasteiger partial charge >= 0.3 is 41.5 Å². The summed E-state index contributed by atoms with van der Waals surface area (Å²) in [6, 6.07) is 8.75. The van der Waals surface area contributed by atoms with Gasteiger partial charge < -0.3 is 14.8 Å². The van der Waals surface area contributed by atoms with Gasteiger partial charge in [0.1, 0.15) is 10.1 Å². The molecule has 0 aliphatic rings. The molecule has 2 N–H and O–H groups in total. The molecule has 0 saturated carbocycles. The summed E-state index contributed by atoms with van der Waals surface area (Å²) in [5.41, 5.74) is 0.388. The van der Waals surface area contributed by atoms with Gasteiger partial charge in [0.25, 0.3) is 0 Å². The number of rotatable bonds is 5. The van der Waals surface area contributed by atoms with E-state index in [0.717, 1.165) is 0 Å². The second kappa shape index (κ2) is 11.2. The molecule has 9 heteroatoms. The average molecular weight is 336 g/mol. The Balaban J connectivity index is 0. The second-order valence-electron chi connectivity index (χ2n) is 3.69. The molecule has 0 aromatic heterocycles. The van der Waals surface area contributed by atoms with Crippen LogP contribution in [0.25, 0.3) is 6.08 Å². The third-order valence-corrected chi connectivity index (χ3v) is 2.36. The van der Waals surface area contributed by atoms with Crippen molar-refractivity contribution in [2.45, 2.75) is 6.42 Å². The van der Waals surface area contributed by atoms with Crippen LogP contribution in [0.4, 0.5) is 0 Å². The van der Waals surface area contributed by atoms with Crippen LogP contribution in [-0.2, 0) is 19.7 Å². The zero-order valence-corrected chi connectivity index (χ0v) is 14.6. The maximum absolute atomic E-state index is 10.2. The summed E-state index contributed by atoms with van der Waals surface area (Å²) in [7, 11) is -4.25. The topological polar surface area (TPSA) is 132 Å². The van der Waals surface area contributed by atoms with Crippen molar-refractivity contribution in [2.75, 3.05) is 0 Å². The molecule has 22 heavy (non-hydrogen) atoms. The fourth-order valence-corrected chi connectivity index (χ4v) is 1.31. The molecule has 0 fully saturated rings. The Labute approximate surface area is 150 Å². The maximum atomic E-state index is 10.2. The van der Waals surface area contributed by atoms with Crippen molar-refractivity contribution >= 4 is 28.1 Å². The molecule has 0 heterocycles. The van der Waals surface area contributed by atoms with Crippen molar-refractivity contribution < 1.29 is 62.3 Å². The fraction of sp³-hybridized carbons (Fsp3) is 0.0769. The first kappa shape index (κ1) is 22.8. The number of carboxylic acids is 2. The maximum Gasteiger partial charge on any atom is 1.00 e. The fourth-order valence-electron chi connectivity index (χ4n) is 0.984. The molecule has 7 nitrogen and oxygen atoms in total. The van der Waals surface area contributed by atoms with Crippen LogP contribution in [0.5, 0.6) is 0 Å². The van der Waals surface area contributed by atoms with Crippen LogP contribution in [0.2, 0.25) is 0 Å². The Morgan fingerprint density at radius 2 is 1.68 bits per heavy atom. The van der Waals surface area contributed by atoms with Crippen LogP contribution in [0.1, 0.15) is 12.0 Å². The van der Waals surface area contributed by atoms with Crippen molar-refractivity contribution in [1.82, 2.24) is 0 Å². The number of hydrogen-bond donors (Lipinski definition) is 2. The molecule has 1 rings (SSSR count). The van der Waals surface area contributed by atoms with Gasteiger partial charge in [-0.05, 0) is 11.6 Å². The Kier molecular flexibility index (Phi) is 11.6. The zero-order valence-electron chi connectivity index (χ0n) is 11.8. The van der Waals surface area contributed by atoms with E-state index in [-0.39, 0.29) is 35.1 Å². The molecule has 0 atom stereocenters. The van der Waals surface area contributed by atoms with Gasteiger partial charge in [-0.25, -0.2) is 13.2 Å². The first-order chi connectivity index (χ1) is 9.61. The van der Waals surface area contributed by atoms with E-state index in [9.17, 15) is 22.6 Å². The minimum Gasteiger partial charge on any atom is -0.744 e. The Morgan fingerprint density at radius 1 is 1.18 bits per heavy atom. The van der Waals surface area contributed by atoms with E-state index >= 15 is 0 Å². The van der Waals surface area contributed by atoms with Crippen molar-refractivity contribution in [2.24, 2.45) is 0 Å². The Hall–Kier alpha value is -1.45. The van der Waals surface area contributed by atoms with Gasteiger partial charge in [-0.3, -0.25) is 4.79 Å². The third kappa shape index (κ3) is 13.5. The molecular formula is C13H13NaO7S. The molecule has 114 valence electrons. The molecule has 0 aliphatic carbocycles. The SMILES string of the molecule is C=C(CC(=O)O)C(=O)O.O=S(=O)([O-])C=Cc1ccccc1.[Na+]. The summed E-state index contributed by atoms with van der Waals surface area (Å²) < 4.78 is 30.5. The summed E-state index contributed by atoms with van der Waals surface area (Å²) >= 11 is 0. The van der Waals surface area contributed by atoms with Crippen molar-refractivity contribution in [3.63, 3.8) is 0 Å². The first-order valence-corrected chi connectivity index (χ1v) is 6.91. The number of aliphatic carboxylic acids is 2. The van der Waals surface area contributed by atoms with Gasteiger partial charge in [-0.2, -0.15) is 0 Å². The van der Waals surface area contributed by atoms with Gasteiger partial charge in [-0.1, -0.05) is 36.9 Å². The molecule has 1 aromatic carbocycles. The molecule has 0 radical (unpaired) electrons. The Morgan fingerprint density at radius 3 is 2.00 bits per heavy atom. The van der Waals surface area contributed by atoms with Crippen LogP contribution in [0, 0.1) is 0 Å². The van der Waals surface area contributed by atoms with Crippen LogP contribution >= 0.6 is 0 Å². The molecule has 0 bridgehead atoms. The summed E-state index contributed by atoms with van der Waals surface area (Å²) in [4.78, 5) is 19.7. The van der Waals surface area contributed by atoms with Crippen LogP contribution < -0.4 is 29.6 Å². The van der Waals surface area contributed by atoms with E-state index in [1.807, 2.05) is 6.07 Å². The first-order valence-electron chi connectivity index (χ1n) is 5.43. The van der Waals surface area contributed by atoms with Gasteiger partial charge in [0.2, 0.25) is 0 Å². The van der Waals surface area contributed by atoms with Crippen molar-refractivity contribution in [3.05, 3.63) is 53.5 Å². The smallest absolute Gasteiger partial charge is 0.744 e. The quantitative estimate of drug-likeness (QED) is 0.372. The monoisotopic (exact) mass is 336 g/mol. The number of carboxylic acid groups (broad SMARTS) is 2. The van der Waals surface area contributed by atoms with E-state index in [0.29, 0.717) is 11.0 Å². The number of carbonyl (C=O) groups is 2. The number of benzene rings is 1. The molecule has 0 amide bonds. The predicted molar refractivity (Wildman–Crippen MR) is 74.2 cm³/mol. The average Bonchev–Trinajstić information content (AvgIpc) is 2.37.